The molecule has 1 aromatic rings. The lowest BCUT2D eigenvalue weighted by atomic mass is 9.98. The Morgan fingerprint density at radius 1 is 1.05 bits per heavy atom. The molecule has 0 spiro atoms. The van der Waals surface area contributed by atoms with Gasteiger partial charge in [-0.25, -0.2) is 0 Å². The van der Waals surface area contributed by atoms with Crippen molar-refractivity contribution in [2.75, 3.05) is 13.2 Å². The first-order valence-electron chi connectivity index (χ1n) is 7.78. The van der Waals surface area contributed by atoms with Crippen molar-refractivity contribution in [2.24, 2.45) is 0 Å². The molecule has 0 bridgehead atoms. The van der Waals surface area contributed by atoms with Gasteiger partial charge in [0.2, 0.25) is 0 Å². The van der Waals surface area contributed by atoms with Crippen LogP contribution in [0.5, 0.6) is 0 Å². The van der Waals surface area contributed by atoms with Crippen molar-refractivity contribution in [3.8, 4) is 0 Å². The van der Waals surface area contributed by atoms with Gasteiger partial charge in [0, 0.05) is 13.1 Å². The van der Waals surface area contributed by atoms with Gasteiger partial charge in [0.05, 0.1) is 12.7 Å². The average molecular weight is 261 g/mol. The summed E-state index contributed by atoms with van der Waals surface area (Å²) in [5, 5.41) is 3.45. The fourth-order valence-electron chi connectivity index (χ4n) is 2.66. The molecule has 106 valence electrons. The molecule has 2 heteroatoms. The Hall–Kier alpha value is -0.860. The van der Waals surface area contributed by atoms with E-state index in [1.165, 1.54) is 43.2 Å². The van der Waals surface area contributed by atoms with Crippen LogP contribution in [-0.2, 0) is 17.7 Å². The largest absolute Gasteiger partial charge is 0.377 e. The number of benzene rings is 1. The summed E-state index contributed by atoms with van der Waals surface area (Å²) in [7, 11) is 0. The molecule has 1 N–H and O–H groups in total. The van der Waals surface area contributed by atoms with Crippen LogP contribution in [0, 0.1) is 0 Å². The van der Waals surface area contributed by atoms with Gasteiger partial charge >= 0.3 is 0 Å². The minimum Gasteiger partial charge on any atom is -0.377 e. The summed E-state index contributed by atoms with van der Waals surface area (Å²) in [4.78, 5) is 0. The van der Waals surface area contributed by atoms with E-state index in [9.17, 15) is 0 Å². The standard InChI is InChI=1S/C17H27NO/c1-2-15-8-10-16(11-9-15)14-18-12-13-19-17-6-4-3-5-7-17/h8-11,17-18H,2-7,12-14H2,1H3. The van der Waals surface area contributed by atoms with E-state index in [0.29, 0.717) is 6.10 Å². The lowest BCUT2D eigenvalue weighted by molar-refractivity contribution is 0.0302. The monoisotopic (exact) mass is 261 g/mol. The van der Waals surface area contributed by atoms with E-state index in [0.717, 1.165) is 26.1 Å². The molecule has 1 fully saturated rings. The summed E-state index contributed by atoms with van der Waals surface area (Å²) in [5.41, 5.74) is 2.76. The second-order valence-electron chi connectivity index (χ2n) is 5.48. The third-order valence-electron chi connectivity index (χ3n) is 3.94. The molecule has 2 rings (SSSR count). The van der Waals surface area contributed by atoms with Gasteiger partial charge < -0.3 is 10.1 Å². The lowest BCUT2D eigenvalue weighted by Gasteiger charge is -2.22. The van der Waals surface area contributed by atoms with E-state index >= 15 is 0 Å². The Balaban J connectivity index is 1.55. The molecular weight excluding hydrogens is 234 g/mol. The molecule has 2 nitrogen and oxygen atoms in total. The molecule has 0 radical (unpaired) electrons. The highest BCUT2D eigenvalue weighted by Crippen LogP contribution is 2.19. The maximum atomic E-state index is 5.89. The van der Waals surface area contributed by atoms with Crippen molar-refractivity contribution in [1.82, 2.24) is 5.32 Å². The van der Waals surface area contributed by atoms with Crippen LogP contribution in [0.25, 0.3) is 0 Å². The molecule has 0 saturated heterocycles. The number of hydrogen-bond acceptors (Lipinski definition) is 2. The number of nitrogens with one attached hydrogen (secondary N) is 1. The molecule has 1 aliphatic carbocycles. The minimum absolute atomic E-state index is 0.527. The van der Waals surface area contributed by atoms with E-state index in [2.05, 4.69) is 36.5 Å². The molecule has 19 heavy (non-hydrogen) atoms. The molecule has 1 saturated carbocycles. The smallest absolute Gasteiger partial charge is 0.0594 e. The van der Waals surface area contributed by atoms with Gasteiger partial charge in [0.1, 0.15) is 0 Å². The Bertz CT molecular complexity index is 341. The van der Waals surface area contributed by atoms with Crippen LogP contribution in [0.2, 0.25) is 0 Å². The summed E-state index contributed by atoms with van der Waals surface area (Å²) < 4.78 is 5.89. The van der Waals surface area contributed by atoms with Gasteiger partial charge in [-0.3, -0.25) is 0 Å². The number of hydrogen-bond donors (Lipinski definition) is 1. The highest BCUT2D eigenvalue weighted by Gasteiger charge is 2.12. The van der Waals surface area contributed by atoms with Crippen LogP contribution in [-0.4, -0.2) is 19.3 Å². The van der Waals surface area contributed by atoms with Crippen LogP contribution in [0.1, 0.15) is 50.2 Å². The Kier molecular flexibility index (Phi) is 6.38. The number of rotatable bonds is 7. The topological polar surface area (TPSA) is 21.3 Å². The summed E-state index contributed by atoms with van der Waals surface area (Å²) in [6, 6.07) is 8.87. The summed E-state index contributed by atoms with van der Waals surface area (Å²) in [5.74, 6) is 0. The van der Waals surface area contributed by atoms with Crippen molar-refractivity contribution in [3.63, 3.8) is 0 Å². The molecule has 0 heterocycles. The molecule has 1 aliphatic rings. The summed E-state index contributed by atoms with van der Waals surface area (Å²) in [6.07, 6.45) is 8.26. The van der Waals surface area contributed by atoms with E-state index < -0.39 is 0 Å². The molecular formula is C17H27NO. The predicted octanol–water partition coefficient (Wildman–Crippen LogP) is 3.69. The first-order valence-corrected chi connectivity index (χ1v) is 7.78. The molecule has 0 aliphatic heterocycles. The second kappa shape index (κ2) is 8.34. The Morgan fingerprint density at radius 2 is 1.74 bits per heavy atom. The maximum absolute atomic E-state index is 5.89. The molecule has 0 atom stereocenters. The van der Waals surface area contributed by atoms with Gasteiger partial charge in [-0.05, 0) is 30.4 Å². The van der Waals surface area contributed by atoms with Crippen molar-refractivity contribution < 1.29 is 4.74 Å². The quantitative estimate of drug-likeness (QED) is 0.756. The molecule has 0 amide bonds. The molecule has 0 aromatic heterocycles. The van der Waals surface area contributed by atoms with Crippen molar-refractivity contribution in [2.45, 2.75) is 58.1 Å². The van der Waals surface area contributed by atoms with E-state index in [1.54, 1.807) is 0 Å². The molecule has 0 unspecified atom stereocenters. The van der Waals surface area contributed by atoms with Crippen LogP contribution in [0.15, 0.2) is 24.3 Å². The predicted molar refractivity (Wildman–Crippen MR) is 80.4 cm³/mol. The zero-order chi connectivity index (χ0) is 13.3. The third-order valence-corrected chi connectivity index (χ3v) is 3.94. The van der Waals surface area contributed by atoms with Gasteiger partial charge in [-0.1, -0.05) is 50.5 Å². The zero-order valence-corrected chi connectivity index (χ0v) is 12.2. The third kappa shape index (κ3) is 5.33. The Labute approximate surface area is 117 Å². The SMILES string of the molecule is CCc1ccc(CNCCOC2CCCCC2)cc1. The van der Waals surface area contributed by atoms with Gasteiger partial charge in [0.25, 0.3) is 0 Å². The van der Waals surface area contributed by atoms with Crippen molar-refractivity contribution in [1.29, 1.82) is 0 Å². The van der Waals surface area contributed by atoms with Crippen molar-refractivity contribution >= 4 is 0 Å². The fourth-order valence-corrected chi connectivity index (χ4v) is 2.66. The minimum atomic E-state index is 0.527. The molecule has 1 aromatic carbocycles. The first-order chi connectivity index (χ1) is 9.38. The maximum Gasteiger partial charge on any atom is 0.0594 e. The lowest BCUT2D eigenvalue weighted by Crippen LogP contribution is -2.24. The zero-order valence-electron chi connectivity index (χ0n) is 12.2. The van der Waals surface area contributed by atoms with E-state index in [1.807, 2.05) is 0 Å². The van der Waals surface area contributed by atoms with Gasteiger partial charge in [0.15, 0.2) is 0 Å². The van der Waals surface area contributed by atoms with Crippen molar-refractivity contribution in [3.05, 3.63) is 35.4 Å². The highest BCUT2D eigenvalue weighted by atomic mass is 16.5. The second-order valence-corrected chi connectivity index (χ2v) is 5.48. The summed E-state index contributed by atoms with van der Waals surface area (Å²) >= 11 is 0. The Morgan fingerprint density at radius 3 is 2.42 bits per heavy atom. The van der Waals surface area contributed by atoms with Crippen LogP contribution in [0.4, 0.5) is 0 Å². The number of ether oxygens (including phenoxy) is 1. The fraction of sp³-hybridized carbons (Fsp3) is 0.647. The van der Waals surface area contributed by atoms with E-state index in [-0.39, 0.29) is 0 Å². The van der Waals surface area contributed by atoms with E-state index in [4.69, 9.17) is 4.74 Å². The highest BCUT2D eigenvalue weighted by molar-refractivity contribution is 5.22. The van der Waals surface area contributed by atoms with Gasteiger partial charge in [-0.2, -0.15) is 0 Å². The van der Waals surface area contributed by atoms with Gasteiger partial charge in [-0.15, -0.1) is 0 Å². The number of aryl methyl sites for hydroxylation is 1. The van der Waals surface area contributed by atoms with Crippen LogP contribution < -0.4 is 5.32 Å². The van der Waals surface area contributed by atoms with Crippen LogP contribution in [0.3, 0.4) is 0 Å². The normalized spacial score (nSPS) is 16.7. The summed E-state index contributed by atoms with van der Waals surface area (Å²) in [6.45, 7) is 4.93. The average Bonchev–Trinajstić information content (AvgIpc) is 2.49. The first kappa shape index (κ1) is 14.5. The van der Waals surface area contributed by atoms with Crippen LogP contribution >= 0.6 is 0 Å².